The van der Waals surface area contributed by atoms with E-state index < -0.39 is 6.04 Å². The van der Waals surface area contributed by atoms with Crippen molar-refractivity contribution in [1.29, 1.82) is 0 Å². The Morgan fingerprint density at radius 3 is 2.68 bits per heavy atom. The van der Waals surface area contributed by atoms with Gasteiger partial charge in [0, 0.05) is 18.0 Å². The van der Waals surface area contributed by atoms with Gasteiger partial charge in [-0.05, 0) is 31.4 Å². The van der Waals surface area contributed by atoms with Gasteiger partial charge in [-0.3, -0.25) is 9.59 Å². The molecule has 1 atom stereocenters. The SMILES string of the molecule is CSc1ccc(Cl)c(C(=O)N[C@H](C)C(=O)N2CCOCC2)c1. The molecule has 1 N–H and O–H groups in total. The summed E-state index contributed by atoms with van der Waals surface area (Å²) in [6, 6.07) is 4.68. The molecule has 0 radical (unpaired) electrons. The molecule has 1 aromatic rings. The van der Waals surface area contributed by atoms with E-state index in [4.69, 9.17) is 16.3 Å². The zero-order chi connectivity index (χ0) is 16.1. The molecule has 0 spiro atoms. The summed E-state index contributed by atoms with van der Waals surface area (Å²) in [5.41, 5.74) is 0.384. The molecule has 1 aliphatic rings. The van der Waals surface area contributed by atoms with Gasteiger partial charge in [-0.2, -0.15) is 0 Å². The maximum atomic E-state index is 12.3. The second kappa shape index (κ2) is 7.85. The van der Waals surface area contributed by atoms with Crippen LogP contribution in [0, 0.1) is 0 Å². The lowest BCUT2D eigenvalue weighted by molar-refractivity contribution is -0.136. The average Bonchev–Trinajstić information content (AvgIpc) is 2.55. The molecule has 0 aromatic heterocycles. The van der Waals surface area contributed by atoms with Crippen molar-refractivity contribution in [2.45, 2.75) is 17.9 Å². The minimum atomic E-state index is -0.598. The van der Waals surface area contributed by atoms with Gasteiger partial charge in [0.2, 0.25) is 5.91 Å². The Morgan fingerprint density at radius 1 is 1.36 bits per heavy atom. The fraction of sp³-hybridized carbons (Fsp3) is 0.467. The summed E-state index contributed by atoms with van der Waals surface area (Å²) in [5.74, 6) is -0.441. The lowest BCUT2D eigenvalue weighted by Gasteiger charge is -2.29. The van der Waals surface area contributed by atoms with Crippen LogP contribution < -0.4 is 5.32 Å². The van der Waals surface area contributed by atoms with Crippen molar-refractivity contribution in [1.82, 2.24) is 10.2 Å². The first-order valence-electron chi connectivity index (χ1n) is 7.04. The largest absolute Gasteiger partial charge is 0.378 e. The Bertz CT molecular complexity index is 562. The van der Waals surface area contributed by atoms with Crippen LogP contribution in [0.2, 0.25) is 5.02 Å². The van der Waals surface area contributed by atoms with Gasteiger partial charge in [0.25, 0.3) is 5.91 Å². The van der Waals surface area contributed by atoms with Crippen LogP contribution in [0.3, 0.4) is 0 Å². The highest BCUT2D eigenvalue weighted by Crippen LogP contribution is 2.23. The number of hydrogen-bond donors (Lipinski definition) is 1. The molecular formula is C15H19ClN2O3S. The molecule has 1 aromatic carbocycles. The molecule has 120 valence electrons. The molecule has 1 saturated heterocycles. The molecule has 0 saturated carbocycles. The van der Waals surface area contributed by atoms with Crippen molar-refractivity contribution >= 4 is 35.2 Å². The first-order valence-corrected chi connectivity index (χ1v) is 8.64. The maximum Gasteiger partial charge on any atom is 0.253 e. The highest BCUT2D eigenvalue weighted by molar-refractivity contribution is 7.98. The van der Waals surface area contributed by atoms with Crippen LogP contribution in [0.4, 0.5) is 0 Å². The van der Waals surface area contributed by atoms with E-state index >= 15 is 0 Å². The van der Waals surface area contributed by atoms with Crippen LogP contribution in [0.5, 0.6) is 0 Å². The Balaban J connectivity index is 2.03. The van der Waals surface area contributed by atoms with Crippen LogP contribution in [-0.4, -0.2) is 55.3 Å². The number of rotatable bonds is 4. The number of benzene rings is 1. The van der Waals surface area contributed by atoms with Crippen molar-refractivity contribution in [2.75, 3.05) is 32.6 Å². The third kappa shape index (κ3) is 4.15. The summed E-state index contributed by atoms with van der Waals surface area (Å²) in [4.78, 5) is 27.3. The summed E-state index contributed by atoms with van der Waals surface area (Å²) in [6.45, 7) is 3.87. The quantitative estimate of drug-likeness (QED) is 0.851. The molecule has 7 heteroatoms. The monoisotopic (exact) mass is 342 g/mol. The molecular weight excluding hydrogens is 324 g/mol. The van der Waals surface area contributed by atoms with Crippen molar-refractivity contribution in [3.8, 4) is 0 Å². The molecule has 0 aliphatic carbocycles. The number of morpholine rings is 1. The van der Waals surface area contributed by atoms with Crippen molar-refractivity contribution in [3.63, 3.8) is 0 Å². The third-order valence-electron chi connectivity index (χ3n) is 3.46. The van der Waals surface area contributed by atoms with Gasteiger partial charge in [-0.1, -0.05) is 11.6 Å². The Morgan fingerprint density at radius 2 is 2.05 bits per heavy atom. The number of halogens is 1. The Labute approximate surface area is 139 Å². The van der Waals surface area contributed by atoms with E-state index in [0.717, 1.165) is 4.90 Å². The van der Waals surface area contributed by atoms with Gasteiger partial charge in [-0.25, -0.2) is 0 Å². The van der Waals surface area contributed by atoms with E-state index in [1.54, 1.807) is 24.0 Å². The molecule has 1 fully saturated rings. The molecule has 2 amide bonds. The minimum Gasteiger partial charge on any atom is -0.378 e. The van der Waals surface area contributed by atoms with E-state index in [1.807, 2.05) is 12.3 Å². The highest BCUT2D eigenvalue weighted by Gasteiger charge is 2.24. The molecule has 0 bridgehead atoms. The molecule has 5 nitrogen and oxygen atoms in total. The van der Waals surface area contributed by atoms with Crippen LogP contribution in [0.15, 0.2) is 23.1 Å². The van der Waals surface area contributed by atoms with Crippen molar-refractivity contribution < 1.29 is 14.3 Å². The third-order valence-corrected chi connectivity index (χ3v) is 4.51. The topological polar surface area (TPSA) is 58.6 Å². The lowest BCUT2D eigenvalue weighted by Crippen LogP contribution is -2.50. The molecule has 22 heavy (non-hydrogen) atoms. The number of amides is 2. The smallest absolute Gasteiger partial charge is 0.253 e. The van der Waals surface area contributed by atoms with Gasteiger partial charge < -0.3 is 15.0 Å². The predicted octanol–water partition coefficient (Wildman–Crippen LogP) is 2.04. The van der Waals surface area contributed by atoms with Gasteiger partial charge in [-0.15, -0.1) is 11.8 Å². The zero-order valence-corrected chi connectivity index (χ0v) is 14.2. The molecule has 1 heterocycles. The Hall–Kier alpha value is -1.24. The number of ether oxygens (including phenoxy) is 1. The number of carbonyl (C=O) groups is 2. The average molecular weight is 343 g/mol. The van der Waals surface area contributed by atoms with Crippen LogP contribution in [-0.2, 0) is 9.53 Å². The summed E-state index contributed by atoms with van der Waals surface area (Å²) < 4.78 is 5.22. The summed E-state index contributed by atoms with van der Waals surface area (Å²) in [7, 11) is 0. The fourth-order valence-corrected chi connectivity index (χ4v) is 2.84. The minimum absolute atomic E-state index is 0.103. The number of thioether (sulfide) groups is 1. The van der Waals surface area contributed by atoms with Gasteiger partial charge in [0.1, 0.15) is 6.04 Å². The second-order valence-electron chi connectivity index (χ2n) is 4.98. The lowest BCUT2D eigenvalue weighted by atomic mass is 10.2. The fourth-order valence-electron chi connectivity index (χ4n) is 2.20. The molecule has 1 aliphatic heterocycles. The van der Waals surface area contributed by atoms with Crippen molar-refractivity contribution in [2.24, 2.45) is 0 Å². The standard InChI is InChI=1S/C15H19ClN2O3S/c1-10(15(20)18-5-7-21-8-6-18)17-14(19)12-9-11(22-2)3-4-13(12)16/h3-4,9-10H,5-8H2,1-2H3,(H,17,19)/t10-/m1/s1. The van der Waals surface area contributed by atoms with Gasteiger partial charge in [0.15, 0.2) is 0 Å². The first kappa shape index (κ1) is 17.1. The van der Waals surface area contributed by atoms with Gasteiger partial charge >= 0.3 is 0 Å². The van der Waals surface area contributed by atoms with Crippen molar-refractivity contribution in [3.05, 3.63) is 28.8 Å². The number of carbonyl (C=O) groups excluding carboxylic acids is 2. The van der Waals surface area contributed by atoms with Crippen LogP contribution >= 0.6 is 23.4 Å². The van der Waals surface area contributed by atoms with Gasteiger partial charge in [0.05, 0.1) is 23.8 Å². The maximum absolute atomic E-state index is 12.3. The highest BCUT2D eigenvalue weighted by atomic mass is 35.5. The predicted molar refractivity (Wildman–Crippen MR) is 87.6 cm³/mol. The number of nitrogens with one attached hydrogen (secondary N) is 1. The van der Waals surface area contributed by atoms with Crippen LogP contribution in [0.1, 0.15) is 17.3 Å². The summed E-state index contributed by atoms with van der Waals surface area (Å²) in [6.07, 6.45) is 1.93. The molecule has 2 rings (SSSR count). The second-order valence-corrected chi connectivity index (χ2v) is 6.27. The van der Waals surface area contributed by atoms with E-state index in [-0.39, 0.29) is 11.8 Å². The molecule has 0 unspecified atom stereocenters. The summed E-state index contributed by atoms with van der Waals surface area (Å²) in [5, 5.41) is 3.10. The van der Waals surface area contributed by atoms with E-state index in [9.17, 15) is 9.59 Å². The van der Waals surface area contributed by atoms with E-state index in [2.05, 4.69) is 5.32 Å². The van der Waals surface area contributed by atoms with E-state index in [1.165, 1.54) is 11.8 Å². The summed E-state index contributed by atoms with van der Waals surface area (Å²) >= 11 is 7.61. The number of hydrogen-bond acceptors (Lipinski definition) is 4. The number of nitrogens with zero attached hydrogens (tertiary/aromatic N) is 1. The van der Waals surface area contributed by atoms with Crippen LogP contribution in [0.25, 0.3) is 0 Å². The first-order chi connectivity index (χ1) is 10.5. The van der Waals surface area contributed by atoms with E-state index in [0.29, 0.717) is 36.9 Å². The normalized spacial score (nSPS) is 16.2. The Kier molecular flexibility index (Phi) is 6.11. The zero-order valence-electron chi connectivity index (χ0n) is 12.6.